The lowest BCUT2D eigenvalue weighted by Gasteiger charge is -2.09. The first-order valence-electron chi connectivity index (χ1n) is 7.44. The summed E-state index contributed by atoms with van der Waals surface area (Å²) in [7, 11) is 0. The van der Waals surface area contributed by atoms with Gasteiger partial charge in [-0.1, -0.05) is 41.4 Å². The molecule has 3 nitrogen and oxygen atoms in total. The number of carbonyl (C=O) groups is 1. The van der Waals surface area contributed by atoms with Gasteiger partial charge in [-0.2, -0.15) is 0 Å². The molecule has 23 heavy (non-hydrogen) atoms. The van der Waals surface area contributed by atoms with Gasteiger partial charge in [0.2, 0.25) is 0 Å². The summed E-state index contributed by atoms with van der Waals surface area (Å²) in [4.78, 5) is 11.8. The minimum atomic E-state index is -0.129. The number of ether oxygens (including phenoxy) is 1. The van der Waals surface area contributed by atoms with E-state index in [9.17, 15) is 4.79 Å². The van der Waals surface area contributed by atoms with Crippen molar-refractivity contribution >= 4 is 33.4 Å². The highest BCUT2D eigenvalue weighted by Crippen LogP contribution is 2.27. The highest BCUT2D eigenvalue weighted by molar-refractivity contribution is 9.10. The van der Waals surface area contributed by atoms with E-state index in [-0.39, 0.29) is 12.5 Å². The van der Waals surface area contributed by atoms with E-state index in [0.29, 0.717) is 17.3 Å². The maximum absolute atomic E-state index is 11.8. The van der Waals surface area contributed by atoms with E-state index in [1.807, 2.05) is 0 Å². The van der Waals surface area contributed by atoms with Crippen molar-refractivity contribution in [3.05, 3.63) is 63.1 Å². The highest BCUT2D eigenvalue weighted by Gasteiger charge is 2.06. The van der Waals surface area contributed by atoms with Crippen LogP contribution in [0.3, 0.4) is 0 Å². The molecule has 0 radical (unpaired) electrons. The zero-order valence-electron chi connectivity index (χ0n) is 12.9. The van der Waals surface area contributed by atoms with Crippen LogP contribution in [0.15, 0.2) is 46.9 Å². The molecule has 0 bridgehead atoms. The Bertz CT molecular complexity index is 659. The summed E-state index contributed by atoms with van der Waals surface area (Å²) >= 11 is 9.21. The van der Waals surface area contributed by atoms with Gasteiger partial charge in [0.05, 0.1) is 4.47 Å². The summed E-state index contributed by atoms with van der Waals surface area (Å²) < 4.78 is 6.20. The van der Waals surface area contributed by atoms with Crippen molar-refractivity contribution in [2.45, 2.75) is 19.8 Å². The number of nitrogens with one attached hydrogen (secondary N) is 1. The van der Waals surface area contributed by atoms with E-state index >= 15 is 0 Å². The summed E-state index contributed by atoms with van der Waals surface area (Å²) in [5, 5.41) is 3.48. The molecule has 0 aliphatic rings. The normalized spacial score (nSPS) is 10.4. The largest absolute Gasteiger partial charge is 0.483 e. The van der Waals surface area contributed by atoms with Crippen LogP contribution < -0.4 is 10.1 Å². The first-order valence-corrected chi connectivity index (χ1v) is 8.62. The fraction of sp³-hybridized carbons (Fsp3) is 0.278. The van der Waals surface area contributed by atoms with Gasteiger partial charge in [-0.15, -0.1) is 0 Å². The first kappa shape index (κ1) is 17.8. The minimum absolute atomic E-state index is 0.00916. The number of benzene rings is 2. The van der Waals surface area contributed by atoms with Gasteiger partial charge in [0.1, 0.15) is 5.75 Å². The molecule has 2 aromatic rings. The Morgan fingerprint density at radius 3 is 2.65 bits per heavy atom. The zero-order chi connectivity index (χ0) is 16.7. The van der Waals surface area contributed by atoms with Crippen LogP contribution in [0.1, 0.15) is 17.5 Å². The number of aryl methyl sites for hydroxylation is 2. The van der Waals surface area contributed by atoms with Crippen molar-refractivity contribution in [1.82, 2.24) is 5.32 Å². The summed E-state index contributed by atoms with van der Waals surface area (Å²) in [6.45, 7) is 2.70. The molecular weight excluding hydrogens is 378 g/mol. The van der Waals surface area contributed by atoms with Crippen molar-refractivity contribution in [3.63, 3.8) is 0 Å². The van der Waals surface area contributed by atoms with Crippen molar-refractivity contribution in [2.24, 2.45) is 0 Å². The van der Waals surface area contributed by atoms with Crippen LogP contribution in [0.4, 0.5) is 0 Å². The molecule has 0 aliphatic heterocycles. The monoisotopic (exact) mass is 395 g/mol. The molecule has 1 N–H and O–H groups in total. The molecule has 122 valence electrons. The van der Waals surface area contributed by atoms with Gasteiger partial charge in [0, 0.05) is 11.6 Å². The second kappa shape index (κ2) is 8.94. The van der Waals surface area contributed by atoms with Crippen molar-refractivity contribution in [3.8, 4) is 5.75 Å². The Hall–Kier alpha value is -1.52. The minimum Gasteiger partial charge on any atom is -0.483 e. The molecule has 0 saturated carbocycles. The Morgan fingerprint density at radius 1 is 1.22 bits per heavy atom. The second-order valence-corrected chi connectivity index (χ2v) is 6.59. The predicted molar refractivity (Wildman–Crippen MR) is 97.2 cm³/mol. The maximum atomic E-state index is 11.8. The van der Waals surface area contributed by atoms with Crippen LogP contribution in [-0.4, -0.2) is 19.1 Å². The third kappa shape index (κ3) is 6.24. The standard InChI is InChI=1S/C18H19BrClNO2/c1-13-4-6-14(7-5-13)3-2-10-21-18(22)12-23-17-9-8-15(20)11-16(17)19/h4-9,11H,2-3,10,12H2,1H3,(H,21,22). The summed E-state index contributed by atoms with van der Waals surface area (Å²) in [5.41, 5.74) is 2.54. The molecule has 0 aromatic heterocycles. The SMILES string of the molecule is Cc1ccc(CCCNC(=O)COc2ccc(Cl)cc2Br)cc1. The van der Waals surface area contributed by atoms with Gasteiger partial charge in [-0.05, 0) is 59.5 Å². The molecule has 0 atom stereocenters. The second-order valence-electron chi connectivity index (χ2n) is 5.30. The molecule has 2 rings (SSSR count). The molecule has 0 fully saturated rings. The number of rotatable bonds is 7. The van der Waals surface area contributed by atoms with E-state index in [2.05, 4.69) is 52.4 Å². The quantitative estimate of drug-likeness (QED) is 0.698. The Morgan fingerprint density at radius 2 is 1.96 bits per heavy atom. The van der Waals surface area contributed by atoms with Gasteiger partial charge >= 0.3 is 0 Å². The van der Waals surface area contributed by atoms with Crippen LogP contribution in [0, 0.1) is 6.92 Å². The fourth-order valence-corrected chi connectivity index (χ4v) is 2.86. The third-order valence-electron chi connectivity index (χ3n) is 3.34. The van der Waals surface area contributed by atoms with Crippen LogP contribution >= 0.6 is 27.5 Å². The molecule has 0 saturated heterocycles. The molecule has 0 unspecified atom stereocenters. The van der Waals surface area contributed by atoms with Gasteiger partial charge in [0.25, 0.3) is 5.91 Å². The van der Waals surface area contributed by atoms with E-state index < -0.39 is 0 Å². The fourth-order valence-electron chi connectivity index (χ4n) is 2.06. The summed E-state index contributed by atoms with van der Waals surface area (Å²) in [5.74, 6) is 0.472. The van der Waals surface area contributed by atoms with Gasteiger partial charge < -0.3 is 10.1 Å². The number of carbonyl (C=O) groups excluding carboxylic acids is 1. The van der Waals surface area contributed by atoms with Crippen LogP contribution in [0.25, 0.3) is 0 Å². The predicted octanol–water partition coefficient (Wildman–Crippen LogP) is 4.54. The average Bonchev–Trinajstić information content (AvgIpc) is 2.52. The van der Waals surface area contributed by atoms with E-state index in [1.165, 1.54) is 11.1 Å². The molecule has 5 heteroatoms. The van der Waals surface area contributed by atoms with Gasteiger partial charge in [0.15, 0.2) is 6.61 Å². The van der Waals surface area contributed by atoms with Crippen molar-refractivity contribution < 1.29 is 9.53 Å². The third-order valence-corrected chi connectivity index (χ3v) is 4.19. The Labute approximate surface area is 150 Å². The topological polar surface area (TPSA) is 38.3 Å². The van der Waals surface area contributed by atoms with E-state index in [4.69, 9.17) is 16.3 Å². The Kier molecular flexibility index (Phi) is 6.93. The molecule has 0 heterocycles. The van der Waals surface area contributed by atoms with Gasteiger partial charge in [-0.3, -0.25) is 4.79 Å². The lowest BCUT2D eigenvalue weighted by Crippen LogP contribution is -2.29. The molecule has 0 spiro atoms. The van der Waals surface area contributed by atoms with Crippen LogP contribution in [0.5, 0.6) is 5.75 Å². The number of amides is 1. The van der Waals surface area contributed by atoms with Crippen molar-refractivity contribution in [1.29, 1.82) is 0 Å². The highest BCUT2D eigenvalue weighted by atomic mass is 79.9. The molecule has 2 aromatic carbocycles. The van der Waals surface area contributed by atoms with Gasteiger partial charge in [-0.25, -0.2) is 0 Å². The number of hydrogen-bond acceptors (Lipinski definition) is 2. The van der Waals surface area contributed by atoms with E-state index in [0.717, 1.165) is 17.3 Å². The number of hydrogen-bond donors (Lipinski definition) is 1. The lowest BCUT2D eigenvalue weighted by molar-refractivity contribution is -0.123. The van der Waals surface area contributed by atoms with Crippen molar-refractivity contribution in [2.75, 3.05) is 13.2 Å². The zero-order valence-corrected chi connectivity index (χ0v) is 15.3. The summed E-state index contributed by atoms with van der Waals surface area (Å²) in [6.07, 6.45) is 1.85. The molecule has 1 amide bonds. The smallest absolute Gasteiger partial charge is 0.257 e. The van der Waals surface area contributed by atoms with Crippen LogP contribution in [0.2, 0.25) is 5.02 Å². The lowest BCUT2D eigenvalue weighted by atomic mass is 10.1. The summed E-state index contributed by atoms with van der Waals surface area (Å²) in [6, 6.07) is 13.6. The molecule has 0 aliphatic carbocycles. The molecular formula is C18H19BrClNO2. The number of halogens is 2. The maximum Gasteiger partial charge on any atom is 0.257 e. The Balaban J connectivity index is 1.66. The first-order chi connectivity index (χ1) is 11.0. The average molecular weight is 397 g/mol. The van der Waals surface area contributed by atoms with E-state index in [1.54, 1.807) is 18.2 Å². The van der Waals surface area contributed by atoms with Crippen LogP contribution in [-0.2, 0) is 11.2 Å².